The highest BCUT2D eigenvalue weighted by atomic mass is 16.5. The molecule has 19 heavy (non-hydrogen) atoms. The lowest BCUT2D eigenvalue weighted by Gasteiger charge is -2.26. The minimum Gasteiger partial charge on any atom is -0.490 e. The van der Waals surface area contributed by atoms with E-state index in [1.165, 1.54) is 18.4 Å². The number of methoxy groups -OCH3 is 1. The lowest BCUT2D eigenvalue weighted by molar-refractivity contribution is 0.0656. The van der Waals surface area contributed by atoms with Crippen molar-refractivity contribution in [2.75, 3.05) is 13.7 Å². The van der Waals surface area contributed by atoms with E-state index in [2.05, 4.69) is 43.4 Å². The summed E-state index contributed by atoms with van der Waals surface area (Å²) in [7, 11) is 1.78. The molecule has 1 aromatic carbocycles. The zero-order valence-corrected chi connectivity index (χ0v) is 12.2. The highest BCUT2D eigenvalue weighted by molar-refractivity contribution is 5.30. The van der Waals surface area contributed by atoms with Crippen molar-refractivity contribution >= 4 is 0 Å². The lowest BCUT2D eigenvalue weighted by atomic mass is 9.99. The second-order valence-electron chi connectivity index (χ2n) is 5.10. The lowest BCUT2D eigenvalue weighted by Crippen LogP contribution is -2.32. The van der Waals surface area contributed by atoms with Crippen LogP contribution in [0.3, 0.4) is 0 Å². The first kappa shape index (κ1) is 14.4. The van der Waals surface area contributed by atoms with Crippen molar-refractivity contribution in [2.45, 2.75) is 51.4 Å². The minimum absolute atomic E-state index is 0.204. The largest absolute Gasteiger partial charge is 0.490 e. The Hall–Kier alpha value is -1.06. The van der Waals surface area contributed by atoms with Crippen LogP contribution in [-0.4, -0.2) is 25.9 Å². The molecule has 2 unspecified atom stereocenters. The molecule has 1 fully saturated rings. The molecule has 0 spiro atoms. The Balaban J connectivity index is 2.06. The van der Waals surface area contributed by atoms with Gasteiger partial charge in [-0.15, -0.1) is 0 Å². The molecule has 1 aliphatic carbocycles. The Morgan fingerprint density at radius 3 is 2.37 bits per heavy atom. The Labute approximate surface area is 116 Å². The van der Waals surface area contributed by atoms with Gasteiger partial charge in [-0.1, -0.05) is 26.0 Å². The minimum atomic E-state index is 0.204. The molecule has 0 radical (unpaired) electrons. The van der Waals surface area contributed by atoms with E-state index in [1.807, 2.05) is 0 Å². The van der Waals surface area contributed by atoms with Crippen LogP contribution >= 0.6 is 0 Å². The molecule has 3 heteroatoms. The number of ether oxygens (including phenoxy) is 2. The monoisotopic (exact) mass is 263 g/mol. The summed E-state index contributed by atoms with van der Waals surface area (Å²) in [5.74, 6) is 0.979. The van der Waals surface area contributed by atoms with Gasteiger partial charge in [-0.05, 0) is 43.5 Å². The maximum absolute atomic E-state index is 5.78. The van der Waals surface area contributed by atoms with Gasteiger partial charge < -0.3 is 14.8 Å². The van der Waals surface area contributed by atoms with E-state index in [-0.39, 0.29) is 12.1 Å². The molecule has 1 aromatic rings. The normalized spacial score (nSPS) is 18.1. The van der Waals surface area contributed by atoms with Crippen molar-refractivity contribution in [1.82, 2.24) is 5.32 Å². The highest BCUT2D eigenvalue weighted by Gasteiger charge is 2.24. The van der Waals surface area contributed by atoms with E-state index < -0.39 is 0 Å². The van der Waals surface area contributed by atoms with Crippen LogP contribution in [0.5, 0.6) is 5.75 Å². The predicted molar refractivity (Wildman–Crippen MR) is 77.6 cm³/mol. The zero-order chi connectivity index (χ0) is 13.7. The van der Waals surface area contributed by atoms with Gasteiger partial charge in [0, 0.05) is 7.11 Å². The topological polar surface area (TPSA) is 30.5 Å². The number of hydrogen-bond donors (Lipinski definition) is 1. The van der Waals surface area contributed by atoms with Crippen LogP contribution in [0, 0.1) is 0 Å². The number of benzene rings is 1. The third-order valence-electron chi connectivity index (χ3n) is 3.57. The van der Waals surface area contributed by atoms with Crippen LogP contribution < -0.4 is 10.1 Å². The molecule has 0 heterocycles. The van der Waals surface area contributed by atoms with Gasteiger partial charge in [0.2, 0.25) is 0 Å². The van der Waals surface area contributed by atoms with Gasteiger partial charge in [-0.2, -0.15) is 0 Å². The van der Waals surface area contributed by atoms with E-state index in [0.717, 1.165) is 18.7 Å². The molecule has 1 aliphatic rings. The summed E-state index contributed by atoms with van der Waals surface area (Å²) in [6.07, 6.45) is 4.05. The van der Waals surface area contributed by atoms with Crippen molar-refractivity contribution in [2.24, 2.45) is 0 Å². The van der Waals surface area contributed by atoms with Gasteiger partial charge in [-0.25, -0.2) is 0 Å². The van der Waals surface area contributed by atoms with Crippen LogP contribution in [0.25, 0.3) is 0 Å². The van der Waals surface area contributed by atoms with Crippen molar-refractivity contribution in [3.05, 3.63) is 29.8 Å². The maximum Gasteiger partial charge on any atom is 0.119 e. The molecule has 0 amide bonds. The first-order valence-electron chi connectivity index (χ1n) is 7.31. The fourth-order valence-corrected chi connectivity index (χ4v) is 2.35. The predicted octanol–water partition coefficient (Wildman–Crippen LogP) is 3.30. The van der Waals surface area contributed by atoms with Crippen molar-refractivity contribution in [1.29, 1.82) is 0 Å². The van der Waals surface area contributed by atoms with Crippen molar-refractivity contribution in [3.63, 3.8) is 0 Å². The average Bonchev–Trinajstić information content (AvgIpc) is 3.24. The van der Waals surface area contributed by atoms with Gasteiger partial charge in [0.25, 0.3) is 0 Å². The molecular weight excluding hydrogens is 238 g/mol. The number of nitrogens with one attached hydrogen (secondary N) is 1. The van der Waals surface area contributed by atoms with Crippen LogP contribution in [-0.2, 0) is 4.74 Å². The summed E-state index contributed by atoms with van der Waals surface area (Å²) in [4.78, 5) is 0. The quantitative estimate of drug-likeness (QED) is 0.780. The van der Waals surface area contributed by atoms with Crippen molar-refractivity contribution < 1.29 is 9.47 Å². The molecular formula is C16H25NO2. The van der Waals surface area contributed by atoms with Gasteiger partial charge >= 0.3 is 0 Å². The van der Waals surface area contributed by atoms with E-state index in [1.54, 1.807) is 7.11 Å². The van der Waals surface area contributed by atoms with E-state index in [4.69, 9.17) is 9.47 Å². The van der Waals surface area contributed by atoms with Gasteiger partial charge in [0.1, 0.15) is 5.75 Å². The molecule has 2 atom stereocenters. The maximum atomic E-state index is 5.78. The van der Waals surface area contributed by atoms with Crippen LogP contribution in [0.1, 0.15) is 44.7 Å². The zero-order valence-electron chi connectivity index (χ0n) is 12.2. The van der Waals surface area contributed by atoms with E-state index in [9.17, 15) is 0 Å². The second-order valence-corrected chi connectivity index (χ2v) is 5.10. The second kappa shape index (κ2) is 6.92. The summed E-state index contributed by atoms with van der Waals surface area (Å²) in [5, 5.41) is 3.51. The molecule has 0 aliphatic heterocycles. The summed E-state index contributed by atoms with van der Waals surface area (Å²) in [6.45, 7) is 5.22. The molecule has 2 rings (SSSR count). The highest BCUT2D eigenvalue weighted by Crippen LogP contribution is 2.28. The van der Waals surface area contributed by atoms with Crippen molar-refractivity contribution in [3.8, 4) is 5.75 Å². The third-order valence-corrected chi connectivity index (χ3v) is 3.57. The molecule has 0 bridgehead atoms. The van der Waals surface area contributed by atoms with Gasteiger partial charge in [0.05, 0.1) is 18.2 Å². The van der Waals surface area contributed by atoms with Gasteiger partial charge in [0.15, 0.2) is 0 Å². The number of likely N-dealkylation sites (N-methyl/N-ethyl adjacent to an activating group) is 1. The fourth-order valence-electron chi connectivity index (χ4n) is 2.35. The molecule has 1 saturated carbocycles. The number of rotatable bonds is 8. The molecule has 106 valence electrons. The van der Waals surface area contributed by atoms with Crippen LogP contribution in [0.4, 0.5) is 0 Å². The fraction of sp³-hybridized carbons (Fsp3) is 0.625. The summed E-state index contributed by atoms with van der Waals surface area (Å²) in [5.41, 5.74) is 1.26. The number of hydrogen-bond acceptors (Lipinski definition) is 3. The smallest absolute Gasteiger partial charge is 0.119 e. The van der Waals surface area contributed by atoms with E-state index in [0.29, 0.717) is 6.10 Å². The Morgan fingerprint density at radius 2 is 1.89 bits per heavy atom. The standard InChI is InChI=1S/C16H25NO2/c1-4-15(18-3)16(17-5-2)12-6-8-13(9-7-12)19-14-10-11-14/h6-9,14-17H,4-5,10-11H2,1-3H3. The first-order chi connectivity index (χ1) is 9.28. The Kier molecular flexibility index (Phi) is 5.23. The summed E-state index contributed by atoms with van der Waals surface area (Å²) >= 11 is 0. The first-order valence-corrected chi connectivity index (χ1v) is 7.31. The van der Waals surface area contributed by atoms with Gasteiger partial charge in [-0.3, -0.25) is 0 Å². The molecule has 0 aromatic heterocycles. The summed E-state index contributed by atoms with van der Waals surface area (Å²) in [6, 6.07) is 8.68. The molecule has 0 saturated heterocycles. The van der Waals surface area contributed by atoms with Crippen LogP contribution in [0.15, 0.2) is 24.3 Å². The van der Waals surface area contributed by atoms with Crippen LogP contribution in [0.2, 0.25) is 0 Å². The Morgan fingerprint density at radius 1 is 1.21 bits per heavy atom. The third kappa shape index (κ3) is 3.95. The van der Waals surface area contributed by atoms with E-state index >= 15 is 0 Å². The molecule has 1 N–H and O–H groups in total. The average molecular weight is 263 g/mol. The summed E-state index contributed by atoms with van der Waals surface area (Å²) < 4.78 is 11.4. The Bertz CT molecular complexity index is 369. The SMILES string of the molecule is CCNC(c1ccc(OC2CC2)cc1)C(CC)OC. The molecule has 3 nitrogen and oxygen atoms in total.